The molecule has 4 unspecified atom stereocenters. The van der Waals surface area contributed by atoms with Gasteiger partial charge in [-0.15, -0.1) is 0 Å². The standard InChI is InChI=1S/C17H19NO5/c1-22-12-6-11(7-13(8-12)23-2)18-16(19)14-9-3-4-10(5-9)15(14)17(20)21/h3-4,6-10,14-15H,5H2,1-2H3,(H,18,19)(H,20,21). The Hall–Kier alpha value is -2.50. The number of anilines is 1. The lowest BCUT2D eigenvalue weighted by Crippen LogP contribution is -2.36. The number of benzene rings is 1. The van der Waals surface area contributed by atoms with Crippen LogP contribution < -0.4 is 14.8 Å². The van der Waals surface area contributed by atoms with E-state index in [0.29, 0.717) is 17.2 Å². The molecular weight excluding hydrogens is 298 g/mol. The number of hydrogen-bond acceptors (Lipinski definition) is 4. The molecule has 2 bridgehead atoms. The fraction of sp³-hybridized carbons (Fsp3) is 0.412. The lowest BCUT2D eigenvalue weighted by Gasteiger charge is -2.24. The molecule has 3 rings (SSSR count). The van der Waals surface area contributed by atoms with Gasteiger partial charge in [0.25, 0.3) is 0 Å². The molecular formula is C17H19NO5. The minimum Gasteiger partial charge on any atom is -0.497 e. The van der Waals surface area contributed by atoms with Gasteiger partial charge in [0.15, 0.2) is 0 Å². The first-order valence-corrected chi connectivity index (χ1v) is 7.48. The Bertz CT molecular complexity index is 647. The van der Waals surface area contributed by atoms with E-state index in [1.165, 1.54) is 14.2 Å². The molecule has 2 aliphatic rings. The number of carboxylic acid groups (broad SMARTS) is 1. The third kappa shape index (κ3) is 2.76. The molecule has 1 fully saturated rings. The van der Waals surface area contributed by atoms with Crippen molar-refractivity contribution in [3.63, 3.8) is 0 Å². The van der Waals surface area contributed by atoms with Gasteiger partial charge in [-0.2, -0.15) is 0 Å². The Morgan fingerprint density at radius 2 is 1.61 bits per heavy atom. The van der Waals surface area contributed by atoms with Crippen molar-refractivity contribution in [3.05, 3.63) is 30.4 Å². The second-order valence-corrected chi connectivity index (χ2v) is 5.93. The summed E-state index contributed by atoms with van der Waals surface area (Å²) in [6, 6.07) is 5.06. The van der Waals surface area contributed by atoms with Crippen LogP contribution in [-0.4, -0.2) is 31.2 Å². The summed E-state index contributed by atoms with van der Waals surface area (Å²) in [5.74, 6) is -1.32. The molecule has 122 valence electrons. The topological polar surface area (TPSA) is 84.9 Å². The fourth-order valence-corrected chi connectivity index (χ4v) is 3.62. The highest BCUT2D eigenvalue weighted by Crippen LogP contribution is 2.48. The maximum Gasteiger partial charge on any atom is 0.307 e. The van der Waals surface area contributed by atoms with Crippen LogP contribution in [0.1, 0.15) is 6.42 Å². The lowest BCUT2D eigenvalue weighted by molar-refractivity contribution is -0.146. The van der Waals surface area contributed by atoms with Crippen molar-refractivity contribution >= 4 is 17.6 Å². The highest BCUT2D eigenvalue weighted by molar-refractivity contribution is 5.96. The molecule has 4 atom stereocenters. The van der Waals surface area contributed by atoms with Crippen LogP contribution in [0.25, 0.3) is 0 Å². The van der Waals surface area contributed by atoms with Crippen molar-refractivity contribution in [2.75, 3.05) is 19.5 Å². The van der Waals surface area contributed by atoms with Gasteiger partial charge in [0, 0.05) is 23.9 Å². The van der Waals surface area contributed by atoms with Crippen molar-refractivity contribution < 1.29 is 24.2 Å². The summed E-state index contributed by atoms with van der Waals surface area (Å²) in [5, 5.41) is 12.2. The number of carbonyl (C=O) groups excluding carboxylic acids is 1. The second-order valence-electron chi connectivity index (χ2n) is 5.93. The molecule has 0 aliphatic heterocycles. The largest absolute Gasteiger partial charge is 0.497 e. The first-order chi connectivity index (χ1) is 11.0. The number of amides is 1. The van der Waals surface area contributed by atoms with E-state index in [2.05, 4.69) is 5.32 Å². The van der Waals surface area contributed by atoms with E-state index in [1.807, 2.05) is 12.2 Å². The van der Waals surface area contributed by atoms with Crippen molar-refractivity contribution in [2.24, 2.45) is 23.7 Å². The Morgan fingerprint density at radius 3 is 2.13 bits per heavy atom. The summed E-state index contributed by atoms with van der Waals surface area (Å²) in [6.07, 6.45) is 4.61. The summed E-state index contributed by atoms with van der Waals surface area (Å²) in [5.41, 5.74) is 0.530. The quantitative estimate of drug-likeness (QED) is 0.813. The van der Waals surface area contributed by atoms with E-state index in [9.17, 15) is 14.7 Å². The van der Waals surface area contributed by atoms with E-state index in [0.717, 1.165) is 6.42 Å². The number of nitrogens with one attached hydrogen (secondary N) is 1. The minimum atomic E-state index is -0.912. The molecule has 6 heteroatoms. The summed E-state index contributed by atoms with van der Waals surface area (Å²) >= 11 is 0. The molecule has 1 aromatic rings. The number of carbonyl (C=O) groups is 2. The van der Waals surface area contributed by atoms with Crippen LogP contribution in [0.15, 0.2) is 30.4 Å². The minimum absolute atomic E-state index is 0.00592. The number of allylic oxidation sites excluding steroid dienone is 2. The first-order valence-electron chi connectivity index (χ1n) is 7.48. The van der Waals surface area contributed by atoms with Gasteiger partial charge in [-0.3, -0.25) is 9.59 Å². The van der Waals surface area contributed by atoms with Crippen molar-refractivity contribution in [3.8, 4) is 11.5 Å². The van der Waals surface area contributed by atoms with Gasteiger partial charge in [-0.25, -0.2) is 0 Å². The van der Waals surface area contributed by atoms with Gasteiger partial charge in [0.05, 0.1) is 26.1 Å². The monoisotopic (exact) mass is 317 g/mol. The van der Waals surface area contributed by atoms with Gasteiger partial charge >= 0.3 is 5.97 Å². The van der Waals surface area contributed by atoms with Gasteiger partial charge < -0.3 is 19.9 Å². The smallest absolute Gasteiger partial charge is 0.307 e. The molecule has 0 spiro atoms. The molecule has 0 radical (unpaired) electrons. The lowest BCUT2D eigenvalue weighted by atomic mass is 9.82. The first kappa shape index (κ1) is 15.4. The van der Waals surface area contributed by atoms with Gasteiger partial charge in [0.1, 0.15) is 11.5 Å². The average Bonchev–Trinajstić information content (AvgIpc) is 3.15. The van der Waals surface area contributed by atoms with Crippen LogP contribution in [0.4, 0.5) is 5.69 Å². The fourth-order valence-electron chi connectivity index (χ4n) is 3.62. The van der Waals surface area contributed by atoms with Gasteiger partial charge in [-0.05, 0) is 18.3 Å². The summed E-state index contributed by atoms with van der Waals surface area (Å²) in [7, 11) is 3.06. The third-order valence-corrected chi connectivity index (χ3v) is 4.67. The van der Waals surface area contributed by atoms with Crippen LogP contribution in [0.5, 0.6) is 11.5 Å². The van der Waals surface area contributed by atoms with Crippen LogP contribution in [0.3, 0.4) is 0 Å². The van der Waals surface area contributed by atoms with Crippen LogP contribution >= 0.6 is 0 Å². The Balaban J connectivity index is 1.82. The van der Waals surface area contributed by atoms with E-state index >= 15 is 0 Å². The molecule has 1 saturated carbocycles. The highest BCUT2D eigenvalue weighted by Gasteiger charge is 2.51. The molecule has 1 amide bonds. The summed E-state index contributed by atoms with van der Waals surface area (Å²) in [6.45, 7) is 0. The van der Waals surface area contributed by atoms with Crippen molar-refractivity contribution in [1.29, 1.82) is 0 Å². The van der Waals surface area contributed by atoms with Gasteiger partial charge in [0.2, 0.25) is 5.91 Å². The van der Waals surface area contributed by atoms with Crippen molar-refractivity contribution in [2.45, 2.75) is 6.42 Å². The third-order valence-electron chi connectivity index (χ3n) is 4.67. The van der Waals surface area contributed by atoms with Crippen LogP contribution in [0, 0.1) is 23.7 Å². The number of rotatable bonds is 5. The number of carboxylic acids is 1. The second kappa shape index (κ2) is 5.95. The Kier molecular flexibility index (Phi) is 3.98. The van der Waals surface area contributed by atoms with Crippen molar-refractivity contribution in [1.82, 2.24) is 0 Å². The number of aliphatic carboxylic acids is 1. The number of fused-ring (bicyclic) bond motifs is 2. The molecule has 2 aliphatic carbocycles. The molecule has 6 nitrogen and oxygen atoms in total. The predicted octanol–water partition coefficient (Wildman–Crippen LogP) is 2.17. The van der Waals surface area contributed by atoms with E-state index in [4.69, 9.17) is 9.47 Å². The maximum atomic E-state index is 12.6. The van der Waals surface area contributed by atoms with Crippen LogP contribution in [-0.2, 0) is 9.59 Å². The molecule has 1 aromatic carbocycles. The number of ether oxygens (including phenoxy) is 2. The molecule has 0 aromatic heterocycles. The molecule has 0 heterocycles. The summed E-state index contributed by atoms with van der Waals surface area (Å²) in [4.78, 5) is 24.1. The average molecular weight is 317 g/mol. The molecule has 0 saturated heterocycles. The Labute approximate surface area is 134 Å². The zero-order chi connectivity index (χ0) is 16.6. The number of hydrogen-bond donors (Lipinski definition) is 2. The summed E-state index contributed by atoms with van der Waals surface area (Å²) < 4.78 is 10.4. The number of methoxy groups -OCH3 is 2. The normalized spacial score (nSPS) is 27.7. The zero-order valence-electron chi connectivity index (χ0n) is 13.0. The Morgan fingerprint density at radius 1 is 1.04 bits per heavy atom. The predicted molar refractivity (Wildman–Crippen MR) is 83.5 cm³/mol. The molecule has 2 N–H and O–H groups in total. The van der Waals surface area contributed by atoms with Gasteiger partial charge in [-0.1, -0.05) is 12.2 Å². The van der Waals surface area contributed by atoms with E-state index in [-0.39, 0.29) is 17.7 Å². The molecule has 23 heavy (non-hydrogen) atoms. The van der Waals surface area contributed by atoms with E-state index in [1.54, 1.807) is 18.2 Å². The SMILES string of the molecule is COc1cc(NC(=O)C2C3C=CC(C3)C2C(=O)O)cc(OC)c1. The zero-order valence-corrected chi connectivity index (χ0v) is 13.0. The van der Waals surface area contributed by atoms with E-state index < -0.39 is 17.8 Å². The highest BCUT2D eigenvalue weighted by atomic mass is 16.5. The maximum absolute atomic E-state index is 12.6. The van der Waals surface area contributed by atoms with Crippen LogP contribution in [0.2, 0.25) is 0 Å².